The van der Waals surface area contributed by atoms with Crippen molar-refractivity contribution < 1.29 is 18.0 Å². The number of fused-ring (bicyclic) bond motifs is 1. The Morgan fingerprint density at radius 3 is 2.47 bits per heavy atom. The maximum absolute atomic E-state index is 13.3. The lowest BCUT2D eigenvalue weighted by molar-refractivity contribution is -0.138. The molecular weight excluding hydrogens is 391 g/mol. The number of rotatable bonds is 4. The SMILES string of the molecule is CN(Cc1ccccc1C(F)(F)F)C(=O)c1cc2ccccc2nc1N1CCCC1. The fourth-order valence-corrected chi connectivity index (χ4v) is 3.90. The molecule has 1 aliphatic rings. The molecule has 156 valence electrons. The number of benzene rings is 2. The van der Waals surface area contributed by atoms with Gasteiger partial charge in [0.15, 0.2) is 0 Å². The predicted molar refractivity (Wildman–Crippen MR) is 110 cm³/mol. The van der Waals surface area contributed by atoms with Gasteiger partial charge in [-0.3, -0.25) is 4.79 Å². The third-order valence-corrected chi connectivity index (χ3v) is 5.42. The van der Waals surface area contributed by atoms with Crippen LogP contribution in [0, 0.1) is 0 Å². The Kier molecular flexibility index (Phi) is 5.37. The number of anilines is 1. The van der Waals surface area contributed by atoms with Gasteiger partial charge in [-0.05, 0) is 36.6 Å². The van der Waals surface area contributed by atoms with Crippen molar-refractivity contribution in [3.05, 3.63) is 71.3 Å². The van der Waals surface area contributed by atoms with E-state index in [-0.39, 0.29) is 18.0 Å². The third-order valence-electron chi connectivity index (χ3n) is 5.42. The molecular formula is C23H22F3N3O. The zero-order valence-corrected chi connectivity index (χ0v) is 16.6. The maximum atomic E-state index is 13.3. The molecule has 7 heteroatoms. The van der Waals surface area contributed by atoms with E-state index in [4.69, 9.17) is 4.98 Å². The van der Waals surface area contributed by atoms with Gasteiger partial charge in [-0.1, -0.05) is 36.4 Å². The zero-order chi connectivity index (χ0) is 21.3. The summed E-state index contributed by atoms with van der Waals surface area (Å²) in [5.41, 5.74) is 0.557. The van der Waals surface area contributed by atoms with Gasteiger partial charge < -0.3 is 9.80 Å². The number of carbonyl (C=O) groups is 1. The van der Waals surface area contributed by atoms with E-state index < -0.39 is 11.7 Å². The van der Waals surface area contributed by atoms with E-state index >= 15 is 0 Å². The molecule has 4 nitrogen and oxygen atoms in total. The summed E-state index contributed by atoms with van der Waals surface area (Å²) in [6.07, 6.45) is -2.42. The monoisotopic (exact) mass is 413 g/mol. The molecule has 0 aliphatic carbocycles. The molecule has 1 fully saturated rings. The number of halogens is 3. The number of pyridine rings is 1. The standard InChI is InChI=1S/C23H22F3N3O/c1-28(15-17-9-2-4-10-19(17)23(24,25)26)22(30)18-14-16-8-3-5-11-20(16)27-21(18)29-12-6-7-13-29/h2-5,8-11,14H,6-7,12-13,15H2,1H3. The molecule has 30 heavy (non-hydrogen) atoms. The molecule has 4 rings (SSSR count). The summed E-state index contributed by atoms with van der Waals surface area (Å²) in [7, 11) is 1.53. The first-order valence-electron chi connectivity index (χ1n) is 9.90. The van der Waals surface area contributed by atoms with Crippen molar-refractivity contribution in [3.8, 4) is 0 Å². The van der Waals surface area contributed by atoms with Crippen molar-refractivity contribution in [2.45, 2.75) is 25.6 Å². The second-order valence-electron chi connectivity index (χ2n) is 7.56. The second-order valence-corrected chi connectivity index (χ2v) is 7.56. The smallest absolute Gasteiger partial charge is 0.356 e. The van der Waals surface area contributed by atoms with Crippen LogP contribution in [0.25, 0.3) is 10.9 Å². The lowest BCUT2D eigenvalue weighted by Gasteiger charge is -2.24. The van der Waals surface area contributed by atoms with Crippen molar-refractivity contribution in [3.63, 3.8) is 0 Å². The van der Waals surface area contributed by atoms with E-state index in [1.165, 1.54) is 24.1 Å². The lowest BCUT2D eigenvalue weighted by Crippen LogP contribution is -2.30. The van der Waals surface area contributed by atoms with E-state index in [0.717, 1.165) is 42.9 Å². The second kappa shape index (κ2) is 7.97. The van der Waals surface area contributed by atoms with Crippen molar-refractivity contribution in [1.82, 2.24) is 9.88 Å². The number of carbonyl (C=O) groups excluding carboxylic acids is 1. The normalized spacial score (nSPS) is 14.3. The van der Waals surface area contributed by atoms with Crippen molar-refractivity contribution in [1.29, 1.82) is 0 Å². The predicted octanol–water partition coefficient (Wildman–Crippen LogP) is 5.13. The van der Waals surface area contributed by atoms with Crippen molar-refractivity contribution in [2.24, 2.45) is 0 Å². The maximum Gasteiger partial charge on any atom is 0.416 e. The minimum atomic E-state index is -4.47. The molecule has 0 saturated carbocycles. The van der Waals surface area contributed by atoms with Crippen LogP contribution in [0.4, 0.5) is 19.0 Å². The minimum absolute atomic E-state index is 0.0670. The highest BCUT2D eigenvalue weighted by atomic mass is 19.4. The molecule has 2 aromatic carbocycles. The van der Waals surface area contributed by atoms with Gasteiger partial charge in [-0.15, -0.1) is 0 Å². The molecule has 1 saturated heterocycles. The molecule has 0 bridgehead atoms. The Hall–Kier alpha value is -3.09. The number of hydrogen-bond acceptors (Lipinski definition) is 3. The molecule has 0 atom stereocenters. The Labute approximate surface area is 172 Å². The Morgan fingerprint density at radius 2 is 1.73 bits per heavy atom. The fraction of sp³-hybridized carbons (Fsp3) is 0.304. The number of amides is 1. The van der Waals surface area contributed by atoms with Gasteiger partial charge in [-0.25, -0.2) is 4.98 Å². The first kappa shape index (κ1) is 20.2. The highest BCUT2D eigenvalue weighted by Gasteiger charge is 2.33. The Balaban J connectivity index is 1.70. The number of hydrogen-bond donors (Lipinski definition) is 0. The summed E-state index contributed by atoms with van der Waals surface area (Å²) in [6, 6.07) is 14.7. The number of aromatic nitrogens is 1. The first-order chi connectivity index (χ1) is 14.3. The molecule has 1 aromatic heterocycles. The molecule has 0 unspecified atom stereocenters. The quantitative estimate of drug-likeness (QED) is 0.595. The molecule has 0 spiro atoms. The number of alkyl halides is 3. The van der Waals surface area contributed by atoms with Crippen LogP contribution in [0.3, 0.4) is 0 Å². The van der Waals surface area contributed by atoms with Gasteiger partial charge >= 0.3 is 6.18 Å². The summed E-state index contributed by atoms with van der Waals surface area (Å²) < 4.78 is 40.0. The van der Waals surface area contributed by atoms with Crippen LogP contribution < -0.4 is 4.90 Å². The minimum Gasteiger partial charge on any atom is -0.356 e. The molecule has 0 radical (unpaired) electrons. The lowest BCUT2D eigenvalue weighted by atomic mass is 10.1. The fourth-order valence-electron chi connectivity index (χ4n) is 3.90. The van der Waals surface area contributed by atoms with Crippen LogP contribution in [-0.4, -0.2) is 35.9 Å². The third kappa shape index (κ3) is 3.97. The van der Waals surface area contributed by atoms with Gasteiger partial charge in [0.05, 0.1) is 16.6 Å². The van der Waals surface area contributed by atoms with Gasteiger partial charge in [0.25, 0.3) is 5.91 Å². The number of para-hydroxylation sites is 1. The average molecular weight is 413 g/mol. The van der Waals surface area contributed by atoms with Crippen molar-refractivity contribution in [2.75, 3.05) is 25.0 Å². The topological polar surface area (TPSA) is 36.4 Å². The summed E-state index contributed by atoms with van der Waals surface area (Å²) in [5, 5.41) is 0.827. The average Bonchev–Trinajstić information content (AvgIpc) is 3.26. The summed E-state index contributed by atoms with van der Waals surface area (Å²) in [4.78, 5) is 21.4. The Bertz CT molecular complexity index is 1070. The van der Waals surface area contributed by atoms with E-state index in [1.807, 2.05) is 24.3 Å². The molecule has 0 N–H and O–H groups in total. The van der Waals surface area contributed by atoms with Crippen molar-refractivity contribution >= 4 is 22.6 Å². The van der Waals surface area contributed by atoms with E-state index in [2.05, 4.69) is 4.90 Å². The van der Waals surface area contributed by atoms with Crippen LogP contribution in [0.5, 0.6) is 0 Å². The molecule has 1 aliphatic heterocycles. The van der Waals surface area contributed by atoms with Crippen LogP contribution in [0.15, 0.2) is 54.6 Å². The van der Waals surface area contributed by atoms with Gasteiger partial charge in [-0.2, -0.15) is 13.2 Å². The van der Waals surface area contributed by atoms with E-state index in [1.54, 1.807) is 12.1 Å². The number of nitrogens with zero attached hydrogens (tertiary/aromatic N) is 3. The summed E-state index contributed by atoms with van der Waals surface area (Å²) >= 11 is 0. The highest BCUT2D eigenvalue weighted by molar-refractivity contribution is 6.02. The molecule has 3 aromatic rings. The first-order valence-corrected chi connectivity index (χ1v) is 9.90. The highest BCUT2D eigenvalue weighted by Crippen LogP contribution is 2.33. The summed E-state index contributed by atoms with van der Waals surface area (Å²) in [5.74, 6) is 0.263. The zero-order valence-electron chi connectivity index (χ0n) is 16.6. The largest absolute Gasteiger partial charge is 0.416 e. The van der Waals surface area contributed by atoms with Gasteiger partial charge in [0, 0.05) is 32.1 Å². The van der Waals surface area contributed by atoms with Crippen LogP contribution in [-0.2, 0) is 12.7 Å². The molecule has 1 amide bonds. The molecule has 2 heterocycles. The van der Waals surface area contributed by atoms with Crippen LogP contribution in [0.1, 0.15) is 34.3 Å². The van der Waals surface area contributed by atoms with Gasteiger partial charge in [0.2, 0.25) is 0 Å². The van der Waals surface area contributed by atoms with Crippen LogP contribution >= 0.6 is 0 Å². The van der Waals surface area contributed by atoms with E-state index in [9.17, 15) is 18.0 Å². The van der Waals surface area contributed by atoms with E-state index in [0.29, 0.717) is 11.4 Å². The summed E-state index contributed by atoms with van der Waals surface area (Å²) in [6.45, 7) is 1.49. The van der Waals surface area contributed by atoms with Gasteiger partial charge in [0.1, 0.15) is 5.82 Å². The Morgan fingerprint density at radius 1 is 1.07 bits per heavy atom. The van der Waals surface area contributed by atoms with Crippen LogP contribution in [0.2, 0.25) is 0 Å².